The predicted octanol–water partition coefficient (Wildman–Crippen LogP) is 1.14. The van der Waals surface area contributed by atoms with Gasteiger partial charge < -0.3 is 19.7 Å². The Labute approximate surface area is 146 Å². The third-order valence-corrected chi connectivity index (χ3v) is 5.86. The van der Waals surface area contributed by atoms with Gasteiger partial charge in [-0.1, -0.05) is 32.2 Å². The molecule has 7 atom stereocenters. The largest absolute Gasteiger partial charge is 0.461 e. The number of rotatable bonds is 3. The first-order valence-electron chi connectivity index (χ1n) is 8.50. The van der Waals surface area contributed by atoms with Gasteiger partial charge in [0.25, 0.3) is 0 Å². The van der Waals surface area contributed by atoms with Gasteiger partial charge in [0, 0.05) is 18.3 Å². The van der Waals surface area contributed by atoms with Gasteiger partial charge >= 0.3 is 11.9 Å². The van der Waals surface area contributed by atoms with Crippen LogP contribution in [0.3, 0.4) is 0 Å². The third kappa shape index (κ3) is 2.83. The highest BCUT2D eigenvalue weighted by Gasteiger charge is 2.57. The quantitative estimate of drug-likeness (QED) is 0.451. The number of fused-ring (bicyclic) bond motifs is 3. The molecule has 0 amide bonds. The van der Waals surface area contributed by atoms with Crippen LogP contribution in [0.5, 0.6) is 0 Å². The summed E-state index contributed by atoms with van der Waals surface area (Å²) < 4.78 is 11.2. The number of carbonyl (C=O) groups excluding carboxylic acids is 2. The number of ether oxygens (including phenoxy) is 2. The van der Waals surface area contributed by atoms with Crippen LogP contribution in [-0.4, -0.2) is 47.1 Å². The highest BCUT2D eigenvalue weighted by atomic mass is 16.6. The fourth-order valence-corrected chi connectivity index (χ4v) is 4.44. The minimum absolute atomic E-state index is 0.0377. The SMILES string of the molecule is C=C(CO)C(=O)O[C@H]1CC(=C)[C@@H]2C[C@H](O)C(=C)[C@@H]2[C@H]2OC(=O)C(C)[C@@H]21. The zero-order valence-corrected chi connectivity index (χ0v) is 14.3. The van der Waals surface area contributed by atoms with Gasteiger partial charge in [0.2, 0.25) is 0 Å². The second kappa shape index (κ2) is 6.42. The second-order valence-electron chi connectivity index (χ2n) is 7.29. The molecule has 0 radical (unpaired) electrons. The maximum Gasteiger partial charge on any atom is 0.336 e. The molecule has 6 heteroatoms. The molecular weight excluding hydrogens is 324 g/mol. The lowest BCUT2D eigenvalue weighted by Crippen LogP contribution is -2.38. The Bertz CT molecular complexity index is 650. The Morgan fingerprint density at radius 1 is 1.40 bits per heavy atom. The molecule has 3 fully saturated rings. The van der Waals surface area contributed by atoms with Gasteiger partial charge in [0.15, 0.2) is 0 Å². The molecule has 2 N–H and O–H groups in total. The number of hydrogen-bond donors (Lipinski definition) is 2. The van der Waals surface area contributed by atoms with E-state index in [2.05, 4.69) is 19.7 Å². The Hall–Kier alpha value is -1.92. The average molecular weight is 348 g/mol. The minimum Gasteiger partial charge on any atom is -0.461 e. The van der Waals surface area contributed by atoms with Gasteiger partial charge in [-0.3, -0.25) is 4.79 Å². The summed E-state index contributed by atoms with van der Waals surface area (Å²) in [4.78, 5) is 24.3. The van der Waals surface area contributed by atoms with Crippen molar-refractivity contribution in [1.29, 1.82) is 0 Å². The molecule has 25 heavy (non-hydrogen) atoms. The summed E-state index contributed by atoms with van der Waals surface area (Å²) in [6, 6.07) is 0. The number of carbonyl (C=O) groups is 2. The first-order chi connectivity index (χ1) is 11.8. The fraction of sp³-hybridized carbons (Fsp3) is 0.579. The Balaban J connectivity index is 1.95. The summed E-state index contributed by atoms with van der Waals surface area (Å²) in [5.74, 6) is -2.09. The Morgan fingerprint density at radius 2 is 2.08 bits per heavy atom. The van der Waals surface area contributed by atoms with E-state index in [0.29, 0.717) is 18.4 Å². The van der Waals surface area contributed by atoms with Gasteiger partial charge in [-0.15, -0.1) is 0 Å². The lowest BCUT2D eigenvalue weighted by Gasteiger charge is -2.29. The maximum atomic E-state index is 12.2. The van der Waals surface area contributed by atoms with E-state index in [4.69, 9.17) is 14.6 Å². The number of aliphatic hydroxyl groups is 2. The minimum atomic E-state index is -0.684. The zero-order valence-electron chi connectivity index (χ0n) is 14.3. The van der Waals surface area contributed by atoms with Crippen LogP contribution in [-0.2, 0) is 19.1 Å². The molecule has 3 rings (SSSR count). The van der Waals surface area contributed by atoms with Crippen molar-refractivity contribution < 1.29 is 29.3 Å². The third-order valence-electron chi connectivity index (χ3n) is 5.86. The van der Waals surface area contributed by atoms with E-state index in [1.54, 1.807) is 6.92 Å². The molecule has 0 spiro atoms. The van der Waals surface area contributed by atoms with Crippen LogP contribution < -0.4 is 0 Å². The van der Waals surface area contributed by atoms with Crippen LogP contribution in [0.4, 0.5) is 0 Å². The summed E-state index contributed by atoms with van der Waals surface area (Å²) in [7, 11) is 0. The van der Waals surface area contributed by atoms with E-state index in [1.165, 1.54) is 0 Å². The van der Waals surface area contributed by atoms with Crippen LogP contribution >= 0.6 is 0 Å². The van der Waals surface area contributed by atoms with E-state index >= 15 is 0 Å². The van der Waals surface area contributed by atoms with Gasteiger partial charge in [0.05, 0.1) is 24.2 Å². The van der Waals surface area contributed by atoms with Crippen LogP contribution in [0.25, 0.3) is 0 Å². The number of hydrogen-bond acceptors (Lipinski definition) is 6. The monoisotopic (exact) mass is 348 g/mol. The molecule has 1 unspecified atom stereocenters. The predicted molar refractivity (Wildman–Crippen MR) is 89.1 cm³/mol. The van der Waals surface area contributed by atoms with Crippen LogP contribution in [0.1, 0.15) is 19.8 Å². The van der Waals surface area contributed by atoms with Crippen molar-refractivity contribution in [3.05, 3.63) is 36.5 Å². The van der Waals surface area contributed by atoms with Crippen molar-refractivity contribution in [2.75, 3.05) is 6.61 Å². The molecule has 2 saturated carbocycles. The van der Waals surface area contributed by atoms with E-state index in [0.717, 1.165) is 5.57 Å². The molecule has 3 aliphatic rings. The highest BCUT2D eigenvalue weighted by Crippen LogP contribution is 2.52. The zero-order chi connectivity index (χ0) is 18.5. The molecule has 1 aliphatic heterocycles. The summed E-state index contributed by atoms with van der Waals surface area (Å²) in [5, 5.41) is 19.3. The maximum absolute atomic E-state index is 12.2. The van der Waals surface area contributed by atoms with Crippen molar-refractivity contribution >= 4 is 11.9 Å². The normalized spacial score (nSPS) is 40.1. The molecule has 0 aromatic rings. The number of esters is 2. The summed E-state index contributed by atoms with van der Waals surface area (Å²) in [6.07, 6.45) is -0.868. The molecule has 0 aromatic carbocycles. The smallest absolute Gasteiger partial charge is 0.336 e. The summed E-state index contributed by atoms with van der Waals surface area (Å²) in [6.45, 7) is 12.9. The van der Waals surface area contributed by atoms with Gasteiger partial charge in [-0.25, -0.2) is 4.79 Å². The molecule has 0 bridgehead atoms. The Morgan fingerprint density at radius 3 is 2.72 bits per heavy atom. The first-order valence-corrected chi connectivity index (χ1v) is 8.50. The van der Waals surface area contributed by atoms with Crippen molar-refractivity contribution in [3.63, 3.8) is 0 Å². The van der Waals surface area contributed by atoms with Crippen LogP contribution in [0, 0.1) is 23.7 Å². The highest BCUT2D eigenvalue weighted by molar-refractivity contribution is 5.88. The molecule has 0 aromatic heterocycles. The standard InChI is InChI=1S/C19H24O6/c1-8-5-14(24-18(22)9(2)7-20)16-11(4)19(23)25-17(16)15-10(3)13(21)6-12(8)15/h11-17,20-21H,1-3,5-7H2,4H3/t11?,12-,13-,14-,15-,16+,17+/m0/s1. The molecule has 1 saturated heterocycles. The van der Waals surface area contributed by atoms with E-state index in [-0.39, 0.29) is 29.3 Å². The van der Waals surface area contributed by atoms with E-state index in [1.807, 2.05) is 0 Å². The van der Waals surface area contributed by atoms with Crippen molar-refractivity contribution in [1.82, 2.24) is 0 Å². The lowest BCUT2D eigenvalue weighted by molar-refractivity contribution is -0.149. The second-order valence-corrected chi connectivity index (χ2v) is 7.29. The average Bonchev–Trinajstić information content (AvgIpc) is 2.99. The molecular formula is C19H24O6. The van der Waals surface area contributed by atoms with Gasteiger partial charge in [-0.05, 0) is 17.9 Å². The lowest BCUT2D eigenvalue weighted by atomic mass is 9.79. The van der Waals surface area contributed by atoms with Gasteiger partial charge in [0.1, 0.15) is 12.2 Å². The molecule has 1 heterocycles. The van der Waals surface area contributed by atoms with Gasteiger partial charge in [-0.2, -0.15) is 0 Å². The molecule has 6 nitrogen and oxygen atoms in total. The number of aliphatic hydroxyl groups excluding tert-OH is 2. The van der Waals surface area contributed by atoms with Crippen molar-refractivity contribution in [2.24, 2.45) is 23.7 Å². The van der Waals surface area contributed by atoms with Crippen LogP contribution in [0.15, 0.2) is 36.5 Å². The van der Waals surface area contributed by atoms with Crippen molar-refractivity contribution in [3.8, 4) is 0 Å². The first kappa shape index (κ1) is 17.9. The molecule has 2 aliphatic carbocycles. The van der Waals surface area contributed by atoms with E-state index < -0.39 is 36.8 Å². The fourth-order valence-electron chi connectivity index (χ4n) is 4.44. The van der Waals surface area contributed by atoms with Crippen molar-refractivity contribution in [2.45, 2.75) is 38.1 Å². The van der Waals surface area contributed by atoms with Crippen LogP contribution in [0.2, 0.25) is 0 Å². The topological polar surface area (TPSA) is 93.1 Å². The van der Waals surface area contributed by atoms with E-state index in [9.17, 15) is 14.7 Å². The Kier molecular flexibility index (Phi) is 4.60. The molecule has 136 valence electrons. The summed E-state index contributed by atoms with van der Waals surface area (Å²) >= 11 is 0. The summed E-state index contributed by atoms with van der Waals surface area (Å²) in [5.41, 5.74) is 1.46.